The standard InChI is InChI=1S/C47H64N10O6/c1-46(2,3)40(43(60)57-28-34(62-4)20-38(57)44(61)63-5)51-42(59)30-10-14-47(15-11-30)22-32(23-47)54-16-12-29(13-17-54)31-24-49-45(50-25-31)55-18-19-56-33(27-55)26-48-41-37(56)21-36(52-53-41)35-8-6-7-9-39(35)58/h6-9,21,24-25,29-30,32-34,38,40,58H,10-20,22-23,26-28H2,1-5H3,(H,48,53)(H,51,59)/t30?,32?,33-,34+,38-,40+,47?/m0/s1. The van der Waals surface area contributed by atoms with E-state index in [0.29, 0.717) is 41.6 Å². The lowest BCUT2D eigenvalue weighted by atomic mass is 9.56. The SMILES string of the molecule is COC(=O)[C@@H]1C[C@@H](OC)CN1C(=O)[C@@H](NC(=O)C1CCC2(CC1)CC(N1CCC(c3cnc(N4CCN5c6cc(-c7ccccc7O)nnc6NC[C@H]5C4)nc3)CC1)C2)C(C)(C)C. The second-order valence-corrected chi connectivity index (χ2v) is 20.0. The second-order valence-electron chi connectivity index (χ2n) is 20.0. The van der Waals surface area contributed by atoms with Gasteiger partial charge in [0, 0.05) is 76.2 Å². The number of amides is 2. The van der Waals surface area contributed by atoms with Gasteiger partial charge in [-0.25, -0.2) is 14.8 Å². The van der Waals surface area contributed by atoms with Crippen LogP contribution in [0.5, 0.6) is 5.75 Å². The number of fused-ring (bicyclic) bond motifs is 3. The fraction of sp³-hybridized carbons (Fsp3) is 0.638. The Bertz CT molecular complexity index is 2140. The first kappa shape index (κ1) is 43.2. The molecule has 1 aromatic carbocycles. The summed E-state index contributed by atoms with van der Waals surface area (Å²) in [5.41, 5.74) is 3.32. The number of carbonyl (C=O) groups is 3. The molecule has 2 aromatic heterocycles. The number of nitrogens with one attached hydrogen (secondary N) is 2. The maximum absolute atomic E-state index is 14.0. The monoisotopic (exact) mass is 865 g/mol. The van der Waals surface area contributed by atoms with Gasteiger partial charge in [-0.05, 0) is 105 Å². The number of likely N-dealkylation sites (tertiary alicyclic amines) is 2. The number of para-hydroxylation sites is 1. The minimum Gasteiger partial charge on any atom is -0.507 e. The number of aromatic nitrogens is 4. The lowest BCUT2D eigenvalue weighted by Gasteiger charge is -2.55. The third-order valence-corrected chi connectivity index (χ3v) is 15.2. The predicted octanol–water partition coefficient (Wildman–Crippen LogP) is 4.60. The lowest BCUT2D eigenvalue weighted by molar-refractivity contribution is -0.153. The fourth-order valence-corrected chi connectivity index (χ4v) is 11.3. The molecule has 9 rings (SSSR count). The van der Waals surface area contributed by atoms with Crippen molar-refractivity contribution >= 4 is 35.2 Å². The van der Waals surface area contributed by atoms with Crippen molar-refractivity contribution in [3.8, 4) is 17.0 Å². The zero-order chi connectivity index (χ0) is 44.0. The average molecular weight is 865 g/mol. The number of benzene rings is 1. The van der Waals surface area contributed by atoms with Gasteiger partial charge < -0.3 is 44.8 Å². The van der Waals surface area contributed by atoms with E-state index in [0.717, 1.165) is 95.2 Å². The van der Waals surface area contributed by atoms with Crippen molar-refractivity contribution in [1.29, 1.82) is 0 Å². The molecule has 2 amide bonds. The van der Waals surface area contributed by atoms with Crippen LogP contribution in [0.4, 0.5) is 17.5 Å². The Morgan fingerprint density at radius 3 is 2.35 bits per heavy atom. The van der Waals surface area contributed by atoms with Crippen LogP contribution in [0.3, 0.4) is 0 Å². The molecular formula is C47H64N10O6. The fourth-order valence-electron chi connectivity index (χ4n) is 11.3. The molecule has 338 valence electrons. The second kappa shape index (κ2) is 17.5. The molecule has 5 fully saturated rings. The number of piperidine rings is 1. The molecule has 16 nitrogen and oxygen atoms in total. The van der Waals surface area contributed by atoms with E-state index in [4.69, 9.17) is 19.4 Å². The Kier molecular flexibility index (Phi) is 12.0. The van der Waals surface area contributed by atoms with E-state index < -0.39 is 23.5 Å². The zero-order valence-electron chi connectivity index (χ0n) is 37.5. The van der Waals surface area contributed by atoms with Crippen molar-refractivity contribution in [2.45, 2.75) is 115 Å². The minimum atomic E-state index is -0.761. The maximum atomic E-state index is 14.0. The van der Waals surface area contributed by atoms with Crippen molar-refractivity contribution in [1.82, 2.24) is 35.3 Å². The average Bonchev–Trinajstić information content (AvgIpc) is 3.74. The summed E-state index contributed by atoms with van der Waals surface area (Å²) in [7, 11) is 2.91. The molecule has 3 aromatic rings. The molecule has 0 unspecified atom stereocenters. The van der Waals surface area contributed by atoms with Gasteiger partial charge in [-0.2, -0.15) is 0 Å². The molecule has 6 aliphatic rings. The van der Waals surface area contributed by atoms with Crippen LogP contribution in [0.2, 0.25) is 0 Å². The molecule has 16 heteroatoms. The highest BCUT2D eigenvalue weighted by atomic mass is 16.5. The van der Waals surface area contributed by atoms with E-state index >= 15 is 0 Å². The van der Waals surface area contributed by atoms with Crippen LogP contribution in [0, 0.1) is 16.7 Å². The molecule has 2 aliphatic carbocycles. The van der Waals surface area contributed by atoms with Gasteiger partial charge in [-0.1, -0.05) is 32.9 Å². The number of hydrogen-bond acceptors (Lipinski definition) is 14. The molecule has 6 heterocycles. The van der Waals surface area contributed by atoms with Crippen molar-refractivity contribution in [3.63, 3.8) is 0 Å². The molecule has 3 N–H and O–H groups in total. The smallest absolute Gasteiger partial charge is 0.328 e. The number of phenolic OH excluding ortho intramolecular Hbond substituents is 1. The van der Waals surface area contributed by atoms with Gasteiger partial charge in [0.25, 0.3) is 0 Å². The molecule has 4 atom stereocenters. The number of nitrogens with zero attached hydrogens (tertiary/aromatic N) is 8. The van der Waals surface area contributed by atoms with Gasteiger partial charge >= 0.3 is 5.97 Å². The Labute approximate surface area is 370 Å². The summed E-state index contributed by atoms with van der Waals surface area (Å²) in [5.74, 6) is 1.29. The summed E-state index contributed by atoms with van der Waals surface area (Å²) in [6.07, 6.45) is 12.6. The lowest BCUT2D eigenvalue weighted by Crippen LogP contribution is -2.58. The summed E-state index contributed by atoms with van der Waals surface area (Å²) in [5, 5.41) is 25.9. The molecule has 4 aliphatic heterocycles. The first-order chi connectivity index (χ1) is 30.3. The largest absolute Gasteiger partial charge is 0.507 e. The first-order valence-corrected chi connectivity index (χ1v) is 23.0. The van der Waals surface area contributed by atoms with Gasteiger partial charge in [0.2, 0.25) is 17.8 Å². The zero-order valence-corrected chi connectivity index (χ0v) is 37.5. The van der Waals surface area contributed by atoms with Crippen molar-refractivity contribution in [3.05, 3.63) is 48.3 Å². The summed E-state index contributed by atoms with van der Waals surface area (Å²) in [4.78, 5) is 59.0. The van der Waals surface area contributed by atoms with Crippen LogP contribution < -0.4 is 20.4 Å². The Balaban J connectivity index is 0.726. The summed E-state index contributed by atoms with van der Waals surface area (Å²) in [6, 6.07) is 8.59. The molecule has 2 saturated carbocycles. The Morgan fingerprint density at radius 1 is 0.937 bits per heavy atom. The minimum absolute atomic E-state index is 0.0582. The van der Waals surface area contributed by atoms with Crippen LogP contribution in [0.15, 0.2) is 42.7 Å². The number of carbonyl (C=O) groups excluding carboxylic acids is 3. The van der Waals surface area contributed by atoms with Gasteiger partial charge in [-0.3, -0.25) is 9.59 Å². The topological polar surface area (TPSA) is 178 Å². The van der Waals surface area contributed by atoms with Crippen LogP contribution in [0.25, 0.3) is 11.3 Å². The van der Waals surface area contributed by atoms with E-state index in [2.05, 4.69) is 35.5 Å². The van der Waals surface area contributed by atoms with E-state index in [1.165, 1.54) is 30.4 Å². The number of ether oxygens (including phenoxy) is 2. The number of anilines is 3. The maximum Gasteiger partial charge on any atom is 0.328 e. The van der Waals surface area contributed by atoms with E-state index in [1.807, 2.05) is 51.4 Å². The normalized spacial score (nSPS) is 28.1. The molecule has 0 radical (unpaired) electrons. The van der Waals surface area contributed by atoms with Gasteiger partial charge in [-0.15, -0.1) is 10.2 Å². The number of methoxy groups -OCH3 is 2. The Morgan fingerprint density at radius 2 is 1.67 bits per heavy atom. The summed E-state index contributed by atoms with van der Waals surface area (Å²) in [6.45, 7) is 11.5. The van der Waals surface area contributed by atoms with Crippen LogP contribution >= 0.6 is 0 Å². The van der Waals surface area contributed by atoms with E-state index in [9.17, 15) is 19.5 Å². The van der Waals surface area contributed by atoms with Crippen molar-refractivity contribution in [2.24, 2.45) is 16.7 Å². The highest BCUT2D eigenvalue weighted by Gasteiger charge is 2.50. The quantitative estimate of drug-likeness (QED) is 0.254. The third-order valence-electron chi connectivity index (χ3n) is 15.2. The van der Waals surface area contributed by atoms with Crippen LogP contribution in [0.1, 0.15) is 90.0 Å². The molecule has 3 saturated heterocycles. The van der Waals surface area contributed by atoms with Crippen molar-refractivity contribution in [2.75, 3.05) is 75.1 Å². The van der Waals surface area contributed by atoms with E-state index in [-0.39, 0.29) is 35.6 Å². The van der Waals surface area contributed by atoms with E-state index in [1.54, 1.807) is 19.2 Å². The molecular weight excluding hydrogens is 801 g/mol. The Hall–Kier alpha value is -5.09. The first-order valence-electron chi connectivity index (χ1n) is 23.0. The predicted molar refractivity (Wildman–Crippen MR) is 238 cm³/mol. The number of esters is 1. The number of phenols is 1. The molecule has 0 bridgehead atoms. The molecule has 63 heavy (non-hydrogen) atoms. The highest BCUT2D eigenvalue weighted by molar-refractivity contribution is 5.92. The number of rotatable bonds is 9. The number of hydrogen-bond donors (Lipinski definition) is 3. The summed E-state index contributed by atoms with van der Waals surface area (Å²) >= 11 is 0. The van der Waals surface area contributed by atoms with Gasteiger partial charge in [0.1, 0.15) is 17.8 Å². The van der Waals surface area contributed by atoms with Crippen LogP contribution in [-0.2, 0) is 23.9 Å². The number of piperazine rings is 1. The highest BCUT2D eigenvalue weighted by Crippen LogP contribution is 2.55. The van der Waals surface area contributed by atoms with Crippen molar-refractivity contribution < 1.29 is 29.0 Å². The molecule has 1 spiro atoms. The van der Waals surface area contributed by atoms with Gasteiger partial charge in [0.15, 0.2) is 5.82 Å². The summed E-state index contributed by atoms with van der Waals surface area (Å²) < 4.78 is 10.5. The number of aromatic hydroxyl groups is 1. The third kappa shape index (κ3) is 8.64. The van der Waals surface area contributed by atoms with Crippen LogP contribution in [-0.4, -0.2) is 143 Å². The van der Waals surface area contributed by atoms with Gasteiger partial charge in [0.05, 0.1) is 30.6 Å².